The number of benzene rings is 1. The number of piperidine rings is 1. The second-order valence-electron chi connectivity index (χ2n) is 5.37. The van der Waals surface area contributed by atoms with E-state index in [0.29, 0.717) is 18.0 Å². The van der Waals surface area contributed by atoms with Crippen LogP contribution >= 0.6 is 15.9 Å². The molecule has 1 aromatic rings. The van der Waals surface area contributed by atoms with Crippen molar-refractivity contribution in [3.05, 3.63) is 28.2 Å². The van der Waals surface area contributed by atoms with Gasteiger partial charge in [0.05, 0.1) is 0 Å². The van der Waals surface area contributed by atoms with Crippen molar-refractivity contribution < 1.29 is 0 Å². The van der Waals surface area contributed by atoms with E-state index in [-0.39, 0.29) is 0 Å². The van der Waals surface area contributed by atoms with Gasteiger partial charge in [0, 0.05) is 28.8 Å². The van der Waals surface area contributed by atoms with Crippen LogP contribution in [0, 0.1) is 5.92 Å². The monoisotopic (exact) mass is 310 g/mol. The summed E-state index contributed by atoms with van der Waals surface area (Å²) in [6.07, 6.45) is 2.16. The Morgan fingerprint density at radius 3 is 2.78 bits per heavy atom. The zero-order chi connectivity index (χ0) is 13.3. The highest BCUT2D eigenvalue weighted by atomic mass is 79.9. The van der Waals surface area contributed by atoms with Crippen molar-refractivity contribution in [2.75, 3.05) is 11.4 Å². The maximum absolute atomic E-state index is 6.17. The zero-order valence-corrected chi connectivity index (χ0v) is 13.1. The summed E-state index contributed by atoms with van der Waals surface area (Å²) in [5.41, 5.74) is 8.97. The molecule has 0 saturated carbocycles. The van der Waals surface area contributed by atoms with Crippen LogP contribution in [0.2, 0.25) is 0 Å². The average molecular weight is 311 g/mol. The van der Waals surface area contributed by atoms with Crippen molar-refractivity contribution in [2.24, 2.45) is 11.7 Å². The van der Waals surface area contributed by atoms with E-state index in [9.17, 15) is 0 Å². The fourth-order valence-corrected chi connectivity index (χ4v) is 3.26. The first kappa shape index (κ1) is 13.9. The number of hydrogen-bond donors (Lipinski definition) is 1. The van der Waals surface area contributed by atoms with Crippen LogP contribution in [0.25, 0.3) is 0 Å². The van der Waals surface area contributed by atoms with Gasteiger partial charge < -0.3 is 10.6 Å². The van der Waals surface area contributed by atoms with Crippen molar-refractivity contribution in [3.8, 4) is 0 Å². The van der Waals surface area contributed by atoms with Crippen LogP contribution in [-0.2, 0) is 6.42 Å². The Labute approximate surface area is 119 Å². The molecule has 2 rings (SSSR count). The maximum atomic E-state index is 6.17. The summed E-state index contributed by atoms with van der Waals surface area (Å²) in [6.45, 7) is 7.85. The summed E-state index contributed by atoms with van der Waals surface area (Å²) in [7, 11) is 0. The Morgan fingerprint density at radius 2 is 2.11 bits per heavy atom. The molecule has 2 N–H and O–H groups in total. The molecule has 1 heterocycles. The van der Waals surface area contributed by atoms with Crippen LogP contribution in [-0.4, -0.2) is 18.6 Å². The maximum Gasteiger partial charge on any atom is 0.0401 e. The molecule has 18 heavy (non-hydrogen) atoms. The standard InChI is InChI=1S/C15H23BrN2/c1-4-12-9-13(16)5-6-15(12)18-8-7-14(17)10(2)11(18)3/h5-6,9-11,14H,4,7-8,17H2,1-3H3. The van der Waals surface area contributed by atoms with Gasteiger partial charge in [0.2, 0.25) is 0 Å². The molecule has 0 aliphatic carbocycles. The third-order valence-corrected chi connectivity index (χ3v) is 4.86. The van der Waals surface area contributed by atoms with E-state index in [1.165, 1.54) is 11.3 Å². The summed E-state index contributed by atoms with van der Waals surface area (Å²) in [5.74, 6) is 0.548. The molecule has 1 saturated heterocycles. The minimum Gasteiger partial charge on any atom is -0.368 e. The third-order valence-electron chi connectivity index (χ3n) is 4.36. The van der Waals surface area contributed by atoms with Crippen molar-refractivity contribution in [1.82, 2.24) is 0 Å². The van der Waals surface area contributed by atoms with Crippen LogP contribution in [0.4, 0.5) is 5.69 Å². The highest BCUT2D eigenvalue weighted by Gasteiger charge is 2.31. The molecule has 0 amide bonds. The van der Waals surface area contributed by atoms with Gasteiger partial charge in [-0.2, -0.15) is 0 Å². The minimum absolute atomic E-state index is 0.344. The van der Waals surface area contributed by atoms with Gasteiger partial charge in [0.15, 0.2) is 0 Å². The molecule has 3 unspecified atom stereocenters. The minimum atomic E-state index is 0.344. The van der Waals surface area contributed by atoms with E-state index in [4.69, 9.17) is 5.73 Å². The second kappa shape index (κ2) is 5.62. The quantitative estimate of drug-likeness (QED) is 0.904. The Hall–Kier alpha value is -0.540. The molecular formula is C15H23BrN2. The highest BCUT2D eigenvalue weighted by Crippen LogP contribution is 2.32. The average Bonchev–Trinajstić information content (AvgIpc) is 2.37. The van der Waals surface area contributed by atoms with Gasteiger partial charge in [0.1, 0.15) is 0 Å². The molecule has 0 spiro atoms. The predicted octanol–water partition coefficient (Wildman–Crippen LogP) is 3.57. The van der Waals surface area contributed by atoms with Gasteiger partial charge in [-0.15, -0.1) is 0 Å². The van der Waals surface area contributed by atoms with Crippen LogP contribution in [0.5, 0.6) is 0 Å². The van der Waals surface area contributed by atoms with Crippen molar-refractivity contribution >= 4 is 21.6 Å². The normalized spacial score (nSPS) is 28.5. The topological polar surface area (TPSA) is 29.3 Å². The van der Waals surface area contributed by atoms with Crippen LogP contribution < -0.4 is 10.6 Å². The third kappa shape index (κ3) is 2.57. The van der Waals surface area contributed by atoms with E-state index in [0.717, 1.165) is 23.9 Å². The van der Waals surface area contributed by atoms with E-state index >= 15 is 0 Å². The van der Waals surface area contributed by atoms with Crippen molar-refractivity contribution in [3.63, 3.8) is 0 Å². The lowest BCUT2D eigenvalue weighted by Crippen LogP contribution is -2.52. The summed E-state index contributed by atoms with van der Waals surface area (Å²) < 4.78 is 1.16. The van der Waals surface area contributed by atoms with E-state index in [1.807, 2.05) is 0 Å². The molecule has 100 valence electrons. The Bertz CT molecular complexity index is 419. The summed E-state index contributed by atoms with van der Waals surface area (Å²) in [4.78, 5) is 2.53. The Kier molecular flexibility index (Phi) is 4.33. The number of anilines is 1. The molecule has 3 atom stereocenters. The van der Waals surface area contributed by atoms with Crippen LogP contribution in [0.3, 0.4) is 0 Å². The van der Waals surface area contributed by atoms with Gasteiger partial charge >= 0.3 is 0 Å². The fraction of sp³-hybridized carbons (Fsp3) is 0.600. The second-order valence-corrected chi connectivity index (χ2v) is 6.29. The highest BCUT2D eigenvalue weighted by molar-refractivity contribution is 9.10. The van der Waals surface area contributed by atoms with E-state index in [1.54, 1.807) is 0 Å². The summed E-state index contributed by atoms with van der Waals surface area (Å²) in [5, 5.41) is 0. The van der Waals surface area contributed by atoms with E-state index < -0.39 is 0 Å². The molecule has 2 nitrogen and oxygen atoms in total. The molecule has 1 aliphatic heterocycles. The molecule has 3 heteroatoms. The Morgan fingerprint density at radius 1 is 1.39 bits per heavy atom. The predicted molar refractivity (Wildman–Crippen MR) is 82.1 cm³/mol. The smallest absolute Gasteiger partial charge is 0.0401 e. The van der Waals surface area contributed by atoms with Gasteiger partial charge in [0.25, 0.3) is 0 Å². The lowest BCUT2D eigenvalue weighted by Gasteiger charge is -2.43. The number of nitrogens with two attached hydrogens (primary N) is 1. The fourth-order valence-electron chi connectivity index (χ4n) is 2.85. The molecule has 0 aromatic heterocycles. The molecule has 1 aliphatic rings. The lowest BCUT2D eigenvalue weighted by atomic mass is 9.87. The first-order valence-electron chi connectivity index (χ1n) is 6.85. The van der Waals surface area contributed by atoms with Gasteiger partial charge in [-0.25, -0.2) is 0 Å². The number of nitrogens with zero attached hydrogens (tertiary/aromatic N) is 1. The number of rotatable bonds is 2. The number of aryl methyl sites for hydroxylation is 1. The molecular weight excluding hydrogens is 288 g/mol. The van der Waals surface area contributed by atoms with Crippen LogP contribution in [0.1, 0.15) is 32.8 Å². The summed E-state index contributed by atoms with van der Waals surface area (Å²) in [6, 6.07) is 7.47. The molecule has 0 bridgehead atoms. The Balaban J connectivity index is 2.31. The van der Waals surface area contributed by atoms with Gasteiger partial charge in [-0.3, -0.25) is 0 Å². The molecule has 1 fully saturated rings. The first-order valence-corrected chi connectivity index (χ1v) is 7.64. The van der Waals surface area contributed by atoms with Gasteiger partial charge in [-0.1, -0.05) is 29.8 Å². The van der Waals surface area contributed by atoms with Crippen molar-refractivity contribution in [1.29, 1.82) is 0 Å². The molecule has 1 aromatic carbocycles. The van der Waals surface area contributed by atoms with Gasteiger partial charge in [-0.05, 0) is 49.4 Å². The van der Waals surface area contributed by atoms with Crippen molar-refractivity contribution in [2.45, 2.75) is 45.7 Å². The zero-order valence-electron chi connectivity index (χ0n) is 11.5. The summed E-state index contributed by atoms with van der Waals surface area (Å²) >= 11 is 3.56. The number of hydrogen-bond acceptors (Lipinski definition) is 2. The van der Waals surface area contributed by atoms with Crippen LogP contribution in [0.15, 0.2) is 22.7 Å². The molecule has 0 radical (unpaired) electrons. The van der Waals surface area contributed by atoms with E-state index in [2.05, 4.69) is 59.8 Å². The number of halogens is 1. The largest absolute Gasteiger partial charge is 0.368 e. The SMILES string of the molecule is CCc1cc(Br)ccc1N1CCC(N)C(C)C1C. The lowest BCUT2D eigenvalue weighted by molar-refractivity contribution is 0.315. The first-order chi connectivity index (χ1) is 8.54.